The molecule has 0 amide bonds. The minimum Gasteiger partial charge on any atom is -0.479 e. The van der Waals surface area contributed by atoms with Crippen LogP contribution in [0.4, 0.5) is 4.39 Å². The number of hydrogen-bond acceptors (Lipinski definition) is 3. The molecule has 18 heavy (non-hydrogen) atoms. The van der Waals surface area contributed by atoms with Gasteiger partial charge in [-0.15, -0.1) is 0 Å². The summed E-state index contributed by atoms with van der Waals surface area (Å²) in [6.07, 6.45) is 0.922. The number of carbonyl (C=O) groups is 2. The third kappa shape index (κ3) is 3.89. The normalized spacial score (nSPS) is 12.3. The first kappa shape index (κ1) is 13.7. The molecule has 0 heterocycles. The molecule has 0 saturated heterocycles. The molecule has 2 N–H and O–H groups in total. The summed E-state index contributed by atoms with van der Waals surface area (Å²) >= 11 is 0. The molecule has 1 unspecified atom stereocenters. The second-order valence-corrected chi connectivity index (χ2v) is 3.46. The fourth-order valence-electron chi connectivity index (χ4n) is 1.12. The molecule has 0 saturated carbocycles. The Labute approximate surface area is 102 Å². The van der Waals surface area contributed by atoms with E-state index in [4.69, 9.17) is 14.9 Å². The molecular weight excluding hydrogens is 243 g/mol. The lowest BCUT2D eigenvalue weighted by Crippen LogP contribution is -2.23. The van der Waals surface area contributed by atoms with E-state index in [1.165, 1.54) is 25.1 Å². The highest BCUT2D eigenvalue weighted by molar-refractivity contribution is 5.85. The number of ether oxygens (including phenoxy) is 1. The van der Waals surface area contributed by atoms with Crippen LogP contribution in [0.5, 0.6) is 5.75 Å². The van der Waals surface area contributed by atoms with Gasteiger partial charge in [0.15, 0.2) is 17.7 Å². The van der Waals surface area contributed by atoms with Gasteiger partial charge in [-0.25, -0.2) is 14.0 Å². The van der Waals surface area contributed by atoms with E-state index in [-0.39, 0.29) is 5.75 Å². The first-order valence-corrected chi connectivity index (χ1v) is 5.00. The Hall–Kier alpha value is -2.37. The van der Waals surface area contributed by atoms with Gasteiger partial charge in [0.25, 0.3) is 0 Å². The van der Waals surface area contributed by atoms with Crippen LogP contribution in [0.2, 0.25) is 0 Å². The first-order chi connectivity index (χ1) is 8.40. The monoisotopic (exact) mass is 254 g/mol. The molecule has 0 spiro atoms. The summed E-state index contributed by atoms with van der Waals surface area (Å²) in [5.41, 5.74) is 0.338. The summed E-state index contributed by atoms with van der Waals surface area (Å²) in [6.45, 7) is 1.28. The largest absolute Gasteiger partial charge is 0.479 e. The summed E-state index contributed by atoms with van der Waals surface area (Å²) < 4.78 is 18.4. The minimum atomic E-state index is -1.20. The standard InChI is InChI=1S/C12H11FO5/c1-7(12(16)17)18-10-4-2-8(6-9(10)13)3-5-11(14)15/h2-7H,1H3,(H,14,15)(H,16,17)/b5-3+. The Morgan fingerprint density at radius 1 is 1.39 bits per heavy atom. The van der Waals surface area contributed by atoms with Gasteiger partial charge in [-0.1, -0.05) is 6.07 Å². The third-order valence-electron chi connectivity index (χ3n) is 2.03. The lowest BCUT2D eigenvalue weighted by molar-refractivity contribution is -0.144. The molecule has 0 aliphatic heterocycles. The Kier molecular flexibility index (Phi) is 4.42. The van der Waals surface area contributed by atoms with Crippen LogP contribution in [0.3, 0.4) is 0 Å². The average molecular weight is 254 g/mol. The molecule has 1 aromatic carbocycles. The number of carboxylic acids is 2. The third-order valence-corrected chi connectivity index (χ3v) is 2.03. The molecule has 1 aromatic rings. The minimum absolute atomic E-state index is 0.197. The van der Waals surface area contributed by atoms with Gasteiger partial charge >= 0.3 is 11.9 Å². The maximum atomic E-state index is 13.5. The van der Waals surface area contributed by atoms with Gasteiger partial charge in [-0.2, -0.15) is 0 Å². The summed E-state index contributed by atoms with van der Waals surface area (Å²) in [7, 11) is 0. The lowest BCUT2D eigenvalue weighted by atomic mass is 10.2. The summed E-state index contributed by atoms with van der Waals surface area (Å²) in [4.78, 5) is 20.8. The van der Waals surface area contributed by atoms with Crippen LogP contribution in [0.1, 0.15) is 12.5 Å². The zero-order valence-electron chi connectivity index (χ0n) is 9.46. The topological polar surface area (TPSA) is 83.8 Å². The van der Waals surface area contributed by atoms with Crippen molar-refractivity contribution in [2.24, 2.45) is 0 Å². The van der Waals surface area contributed by atoms with Gasteiger partial charge in [0.1, 0.15) is 0 Å². The maximum absolute atomic E-state index is 13.5. The Balaban J connectivity index is 2.86. The molecule has 1 rings (SSSR count). The molecule has 0 aliphatic rings. The number of halogens is 1. The van der Waals surface area contributed by atoms with Gasteiger partial charge in [-0.05, 0) is 30.7 Å². The summed E-state index contributed by atoms with van der Waals surface area (Å²) in [5, 5.41) is 17.0. The van der Waals surface area contributed by atoms with Gasteiger partial charge in [0.05, 0.1) is 0 Å². The summed E-state index contributed by atoms with van der Waals surface area (Å²) in [6, 6.07) is 3.73. The molecule has 96 valence electrons. The molecule has 0 aromatic heterocycles. The molecule has 0 radical (unpaired) electrons. The van der Waals surface area contributed by atoms with Crippen molar-refractivity contribution in [1.82, 2.24) is 0 Å². The molecular formula is C12H11FO5. The zero-order chi connectivity index (χ0) is 13.7. The number of rotatable bonds is 5. The highest BCUT2D eigenvalue weighted by Gasteiger charge is 2.14. The van der Waals surface area contributed by atoms with Gasteiger partial charge < -0.3 is 14.9 Å². The highest BCUT2D eigenvalue weighted by atomic mass is 19.1. The van der Waals surface area contributed by atoms with Crippen molar-refractivity contribution < 1.29 is 28.9 Å². The van der Waals surface area contributed by atoms with E-state index in [0.29, 0.717) is 5.56 Å². The van der Waals surface area contributed by atoms with Crippen molar-refractivity contribution in [2.45, 2.75) is 13.0 Å². The van der Waals surface area contributed by atoms with Gasteiger partial charge in [-0.3, -0.25) is 0 Å². The summed E-state index contributed by atoms with van der Waals surface area (Å²) in [5.74, 6) is -3.30. The first-order valence-electron chi connectivity index (χ1n) is 5.00. The molecule has 0 aliphatic carbocycles. The van der Waals surface area contributed by atoms with Gasteiger partial charge in [0, 0.05) is 6.08 Å². The second-order valence-electron chi connectivity index (χ2n) is 3.46. The van der Waals surface area contributed by atoms with E-state index in [1.54, 1.807) is 0 Å². The predicted molar refractivity (Wildman–Crippen MR) is 60.8 cm³/mol. The number of aliphatic carboxylic acids is 2. The number of carboxylic acid groups (broad SMARTS) is 2. The maximum Gasteiger partial charge on any atom is 0.344 e. The molecule has 1 atom stereocenters. The second kappa shape index (κ2) is 5.81. The SMILES string of the molecule is CC(Oc1ccc(/C=C/C(=O)O)cc1F)C(=O)O. The van der Waals surface area contributed by atoms with Crippen molar-refractivity contribution in [3.63, 3.8) is 0 Å². The van der Waals surface area contributed by atoms with Crippen LogP contribution in [-0.4, -0.2) is 28.3 Å². The quantitative estimate of drug-likeness (QED) is 0.782. The molecule has 5 nitrogen and oxygen atoms in total. The van der Waals surface area contributed by atoms with Crippen LogP contribution in [0.25, 0.3) is 6.08 Å². The van der Waals surface area contributed by atoms with E-state index >= 15 is 0 Å². The number of hydrogen-bond donors (Lipinski definition) is 2. The van der Waals surface area contributed by atoms with Crippen molar-refractivity contribution in [3.8, 4) is 5.75 Å². The van der Waals surface area contributed by atoms with E-state index in [2.05, 4.69) is 0 Å². The predicted octanol–water partition coefficient (Wildman–Crippen LogP) is 1.78. The average Bonchev–Trinajstić information content (AvgIpc) is 2.29. The van der Waals surface area contributed by atoms with Crippen molar-refractivity contribution in [3.05, 3.63) is 35.7 Å². The van der Waals surface area contributed by atoms with E-state index < -0.39 is 23.9 Å². The fourth-order valence-corrected chi connectivity index (χ4v) is 1.12. The van der Waals surface area contributed by atoms with Crippen LogP contribution in [-0.2, 0) is 9.59 Å². The molecule has 6 heteroatoms. The number of benzene rings is 1. The van der Waals surface area contributed by atoms with Crippen LogP contribution in [0.15, 0.2) is 24.3 Å². The molecule has 0 fully saturated rings. The highest BCUT2D eigenvalue weighted by Crippen LogP contribution is 2.20. The van der Waals surface area contributed by atoms with Crippen molar-refractivity contribution >= 4 is 18.0 Å². The van der Waals surface area contributed by atoms with Crippen molar-refractivity contribution in [2.75, 3.05) is 0 Å². The van der Waals surface area contributed by atoms with Crippen LogP contribution < -0.4 is 4.74 Å². The van der Waals surface area contributed by atoms with E-state index in [1.807, 2.05) is 0 Å². The Morgan fingerprint density at radius 3 is 2.56 bits per heavy atom. The Bertz CT molecular complexity index is 495. The Morgan fingerprint density at radius 2 is 2.06 bits per heavy atom. The van der Waals surface area contributed by atoms with Crippen LogP contribution in [0, 0.1) is 5.82 Å². The lowest BCUT2D eigenvalue weighted by Gasteiger charge is -2.11. The van der Waals surface area contributed by atoms with Crippen molar-refractivity contribution in [1.29, 1.82) is 0 Å². The van der Waals surface area contributed by atoms with E-state index in [0.717, 1.165) is 12.1 Å². The van der Waals surface area contributed by atoms with E-state index in [9.17, 15) is 14.0 Å². The smallest absolute Gasteiger partial charge is 0.344 e. The van der Waals surface area contributed by atoms with Crippen LogP contribution >= 0.6 is 0 Å². The fraction of sp³-hybridized carbons (Fsp3) is 0.167. The zero-order valence-corrected chi connectivity index (χ0v) is 9.46. The molecule has 0 bridgehead atoms. The van der Waals surface area contributed by atoms with Gasteiger partial charge in [0.2, 0.25) is 0 Å².